The van der Waals surface area contributed by atoms with E-state index >= 15 is 0 Å². The van der Waals surface area contributed by atoms with Gasteiger partial charge in [0.25, 0.3) is 5.56 Å². The number of nitrogens with zero attached hydrogens (tertiary/aromatic N) is 5. The van der Waals surface area contributed by atoms with Crippen molar-refractivity contribution in [1.82, 2.24) is 18.7 Å². The largest absolute Gasteiger partial charge is 0.491 e. The molecule has 3 heterocycles. The van der Waals surface area contributed by atoms with Crippen LogP contribution in [0.3, 0.4) is 0 Å². The predicted molar refractivity (Wildman–Crippen MR) is 124 cm³/mol. The van der Waals surface area contributed by atoms with Gasteiger partial charge < -0.3 is 19.3 Å². The molecule has 3 aromatic rings. The molecule has 0 spiro atoms. The summed E-state index contributed by atoms with van der Waals surface area (Å²) in [5.41, 5.74) is -0.249. The molecule has 0 aliphatic carbocycles. The van der Waals surface area contributed by atoms with Crippen molar-refractivity contribution in [3.63, 3.8) is 0 Å². The van der Waals surface area contributed by atoms with Crippen molar-refractivity contribution in [2.45, 2.75) is 32.4 Å². The quantitative estimate of drug-likeness (QED) is 0.601. The van der Waals surface area contributed by atoms with Crippen molar-refractivity contribution >= 4 is 28.7 Å². The van der Waals surface area contributed by atoms with Crippen LogP contribution in [0.15, 0.2) is 33.9 Å². The number of hydrogen-bond donors (Lipinski definition) is 1. The maximum absolute atomic E-state index is 13.0. The number of rotatable bonds is 6. The molecule has 1 aliphatic rings. The molecule has 0 amide bonds. The van der Waals surface area contributed by atoms with Crippen molar-refractivity contribution in [3.05, 3.63) is 50.1 Å². The van der Waals surface area contributed by atoms with Crippen LogP contribution in [0.2, 0.25) is 5.02 Å². The van der Waals surface area contributed by atoms with Crippen LogP contribution in [0.1, 0.15) is 19.8 Å². The lowest BCUT2D eigenvalue weighted by atomic mass is 10.0. The molecule has 4 rings (SSSR count). The number of piperidine rings is 1. The Morgan fingerprint density at radius 1 is 1.22 bits per heavy atom. The number of aromatic nitrogens is 4. The molecule has 2 atom stereocenters. The Morgan fingerprint density at radius 2 is 1.94 bits per heavy atom. The summed E-state index contributed by atoms with van der Waals surface area (Å²) in [5, 5.41) is 11.4. The number of imidazole rings is 1. The van der Waals surface area contributed by atoms with E-state index in [4.69, 9.17) is 16.3 Å². The van der Waals surface area contributed by atoms with Gasteiger partial charge in [0, 0.05) is 32.2 Å². The van der Waals surface area contributed by atoms with E-state index in [0.717, 1.165) is 30.5 Å². The average molecular weight is 462 g/mol. The van der Waals surface area contributed by atoms with Gasteiger partial charge in [-0.25, -0.2) is 4.79 Å². The van der Waals surface area contributed by atoms with Gasteiger partial charge in [0.2, 0.25) is 5.95 Å². The minimum Gasteiger partial charge on any atom is -0.491 e. The lowest BCUT2D eigenvalue weighted by molar-refractivity contribution is 0.0935. The zero-order chi connectivity index (χ0) is 23.0. The van der Waals surface area contributed by atoms with E-state index < -0.39 is 17.4 Å². The molecule has 32 heavy (non-hydrogen) atoms. The van der Waals surface area contributed by atoms with E-state index in [-0.39, 0.29) is 13.2 Å². The molecule has 1 saturated heterocycles. The fraction of sp³-hybridized carbons (Fsp3) is 0.500. The highest BCUT2D eigenvalue weighted by Crippen LogP contribution is 2.25. The van der Waals surface area contributed by atoms with Gasteiger partial charge in [-0.1, -0.05) is 18.5 Å². The van der Waals surface area contributed by atoms with E-state index in [1.54, 1.807) is 35.9 Å². The maximum atomic E-state index is 13.0. The Morgan fingerprint density at radius 3 is 2.62 bits per heavy atom. The average Bonchev–Trinajstić information content (AvgIpc) is 3.15. The van der Waals surface area contributed by atoms with Crippen LogP contribution in [0.4, 0.5) is 5.95 Å². The molecule has 2 aromatic heterocycles. The highest BCUT2D eigenvalue weighted by Gasteiger charge is 2.26. The first-order valence-electron chi connectivity index (χ1n) is 10.7. The third-order valence-electron chi connectivity index (χ3n) is 5.92. The molecule has 9 nitrogen and oxygen atoms in total. The minimum absolute atomic E-state index is 0.0310. The molecule has 0 bridgehead atoms. The molecule has 1 fully saturated rings. The highest BCUT2D eigenvalue weighted by molar-refractivity contribution is 6.30. The topological polar surface area (TPSA) is 94.5 Å². The Balaban J connectivity index is 1.70. The zero-order valence-corrected chi connectivity index (χ0v) is 19.2. The first-order valence-corrected chi connectivity index (χ1v) is 11.1. The van der Waals surface area contributed by atoms with E-state index in [1.807, 2.05) is 0 Å². The summed E-state index contributed by atoms with van der Waals surface area (Å²) >= 11 is 5.90. The van der Waals surface area contributed by atoms with E-state index in [2.05, 4.69) is 16.8 Å². The van der Waals surface area contributed by atoms with Crippen LogP contribution < -0.4 is 20.9 Å². The van der Waals surface area contributed by atoms with Gasteiger partial charge >= 0.3 is 5.69 Å². The van der Waals surface area contributed by atoms with Crippen molar-refractivity contribution < 1.29 is 9.84 Å². The normalized spacial score (nSPS) is 17.7. The Hall–Kier alpha value is -2.78. The second kappa shape index (κ2) is 8.99. The lowest BCUT2D eigenvalue weighted by Crippen LogP contribution is -2.39. The Labute approximate surface area is 190 Å². The van der Waals surface area contributed by atoms with Crippen LogP contribution in [0.5, 0.6) is 5.75 Å². The summed E-state index contributed by atoms with van der Waals surface area (Å²) in [4.78, 5) is 32.3. The number of ether oxygens (including phenoxy) is 1. The summed E-state index contributed by atoms with van der Waals surface area (Å²) in [6.07, 6.45) is 1.25. The molecular weight excluding hydrogens is 434 g/mol. The molecule has 0 radical (unpaired) electrons. The molecular formula is C22H28ClN5O4. The number of benzene rings is 1. The highest BCUT2D eigenvalue weighted by atomic mass is 35.5. The smallest absolute Gasteiger partial charge is 0.332 e. The standard InChI is InChI=1S/C22H28ClN5O4/c1-14-5-4-10-27(11-14)21-24-19-18(20(30)26(3)22(31)25(19)2)28(21)12-16(29)13-32-17-8-6-15(23)7-9-17/h6-9,14,16,29H,4-5,10-13H2,1-3H3/t14-,16+/m0/s1. The van der Waals surface area contributed by atoms with Gasteiger partial charge in [0.1, 0.15) is 18.5 Å². The van der Waals surface area contributed by atoms with Crippen LogP contribution in [0.25, 0.3) is 11.2 Å². The molecule has 10 heteroatoms. The van der Waals surface area contributed by atoms with Crippen LogP contribution >= 0.6 is 11.6 Å². The van der Waals surface area contributed by atoms with Crippen molar-refractivity contribution in [2.75, 3.05) is 24.6 Å². The number of aliphatic hydroxyl groups is 1. The van der Waals surface area contributed by atoms with Crippen molar-refractivity contribution in [3.8, 4) is 5.75 Å². The van der Waals surface area contributed by atoms with Gasteiger partial charge in [-0.05, 0) is 43.0 Å². The number of hydrogen-bond acceptors (Lipinski definition) is 6. The summed E-state index contributed by atoms with van der Waals surface area (Å²) in [5.74, 6) is 1.67. The zero-order valence-electron chi connectivity index (χ0n) is 18.5. The summed E-state index contributed by atoms with van der Waals surface area (Å²) in [7, 11) is 3.05. The Kier molecular flexibility index (Phi) is 6.30. The van der Waals surface area contributed by atoms with Gasteiger partial charge in [-0.3, -0.25) is 13.9 Å². The monoisotopic (exact) mass is 461 g/mol. The molecule has 1 N–H and O–H groups in total. The number of halogens is 1. The van der Waals surface area contributed by atoms with Gasteiger partial charge in [-0.15, -0.1) is 0 Å². The summed E-state index contributed by atoms with van der Waals surface area (Å²) in [6, 6.07) is 6.89. The van der Waals surface area contributed by atoms with Crippen molar-refractivity contribution in [1.29, 1.82) is 0 Å². The maximum Gasteiger partial charge on any atom is 0.332 e. The first-order chi connectivity index (χ1) is 15.3. The number of fused-ring (bicyclic) bond motifs is 1. The van der Waals surface area contributed by atoms with E-state index in [0.29, 0.717) is 33.8 Å². The third kappa shape index (κ3) is 4.27. The summed E-state index contributed by atoms with van der Waals surface area (Å²) < 4.78 is 9.86. The molecule has 1 aliphatic heterocycles. The van der Waals surface area contributed by atoms with Crippen LogP contribution in [-0.4, -0.2) is 49.6 Å². The third-order valence-corrected chi connectivity index (χ3v) is 6.17. The van der Waals surface area contributed by atoms with Gasteiger partial charge in [0.15, 0.2) is 11.2 Å². The fourth-order valence-corrected chi connectivity index (χ4v) is 4.33. The fourth-order valence-electron chi connectivity index (χ4n) is 4.21. The van der Waals surface area contributed by atoms with E-state index in [1.165, 1.54) is 11.6 Å². The SMILES string of the molecule is C[C@H]1CCCN(c2nc3c(c(=O)n(C)c(=O)n3C)n2C[C@@H](O)COc2ccc(Cl)cc2)C1. The lowest BCUT2D eigenvalue weighted by Gasteiger charge is -2.32. The molecule has 0 unspecified atom stereocenters. The number of anilines is 1. The van der Waals surface area contributed by atoms with Crippen molar-refractivity contribution in [2.24, 2.45) is 20.0 Å². The number of aliphatic hydroxyl groups excluding tert-OH is 1. The second-order valence-corrected chi connectivity index (χ2v) is 8.95. The summed E-state index contributed by atoms with van der Waals surface area (Å²) in [6.45, 7) is 3.93. The number of aryl methyl sites for hydroxylation is 1. The molecule has 172 valence electrons. The van der Waals surface area contributed by atoms with Crippen LogP contribution in [-0.2, 0) is 20.6 Å². The van der Waals surface area contributed by atoms with E-state index in [9.17, 15) is 14.7 Å². The van der Waals surface area contributed by atoms with Gasteiger partial charge in [-0.2, -0.15) is 4.98 Å². The van der Waals surface area contributed by atoms with Gasteiger partial charge in [0.05, 0.1) is 6.54 Å². The second-order valence-electron chi connectivity index (χ2n) is 8.51. The predicted octanol–water partition coefficient (Wildman–Crippen LogP) is 1.76. The Bertz CT molecular complexity index is 1230. The molecule has 0 saturated carbocycles. The molecule has 1 aromatic carbocycles. The minimum atomic E-state index is -0.897. The van der Waals surface area contributed by atoms with Crippen LogP contribution in [0, 0.1) is 5.92 Å². The first kappa shape index (κ1) is 22.4.